The van der Waals surface area contributed by atoms with Crippen LogP contribution in [0.25, 0.3) is 33.9 Å². The van der Waals surface area contributed by atoms with Gasteiger partial charge < -0.3 is 14.0 Å². The van der Waals surface area contributed by atoms with Crippen LogP contribution in [0.2, 0.25) is 0 Å². The summed E-state index contributed by atoms with van der Waals surface area (Å²) in [6.45, 7) is 2.92. The van der Waals surface area contributed by atoms with Crippen LogP contribution in [0.1, 0.15) is 19.8 Å². The van der Waals surface area contributed by atoms with Crippen LogP contribution >= 0.6 is 0 Å². The second kappa shape index (κ2) is 10.2. The first-order chi connectivity index (χ1) is 16.5. The van der Waals surface area contributed by atoms with Crippen molar-refractivity contribution >= 4 is 5.69 Å². The standard InChI is InChI=1S/C27H27N3O4/c1-4-5-18-29-26(20-10-16-24(34-3)17-11-20)25(19-8-14-23(33-2)15-9-19)28-27(29)21-6-12-22(13-7-21)30(31)32/h6-17H,4-5,18H2,1-3H3. The monoisotopic (exact) mass is 457 g/mol. The molecule has 0 atom stereocenters. The third kappa shape index (κ3) is 4.64. The normalized spacial score (nSPS) is 10.8. The van der Waals surface area contributed by atoms with Crippen LogP contribution in [0.15, 0.2) is 72.8 Å². The fourth-order valence-corrected chi connectivity index (χ4v) is 3.93. The van der Waals surface area contributed by atoms with Gasteiger partial charge in [-0.15, -0.1) is 0 Å². The van der Waals surface area contributed by atoms with Gasteiger partial charge in [0.15, 0.2) is 0 Å². The number of ether oxygens (including phenoxy) is 2. The zero-order chi connectivity index (χ0) is 24.1. The van der Waals surface area contributed by atoms with Gasteiger partial charge in [-0.3, -0.25) is 10.1 Å². The summed E-state index contributed by atoms with van der Waals surface area (Å²) in [7, 11) is 3.29. The van der Waals surface area contributed by atoms with Gasteiger partial charge in [-0.2, -0.15) is 0 Å². The van der Waals surface area contributed by atoms with Gasteiger partial charge in [0.1, 0.15) is 17.3 Å². The molecule has 0 N–H and O–H groups in total. The molecule has 0 bridgehead atoms. The molecule has 174 valence electrons. The van der Waals surface area contributed by atoms with E-state index in [0.717, 1.165) is 64.8 Å². The molecule has 0 aliphatic rings. The summed E-state index contributed by atoms with van der Waals surface area (Å²) in [5, 5.41) is 11.2. The molecule has 0 aliphatic heterocycles. The predicted octanol–water partition coefficient (Wildman–Crippen LogP) is 6.61. The summed E-state index contributed by atoms with van der Waals surface area (Å²) in [5.41, 5.74) is 4.71. The van der Waals surface area contributed by atoms with E-state index in [1.54, 1.807) is 26.4 Å². The Morgan fingerprint density at radius 1 is 0.824 bits per heavy atom. The minimum Gasteiger partial charge on any atom is -0.497 e. The zero-order valence-corrected chi connectivity index (χ0v) is 19.5. The molecule has 7 nitrogen and oxygen atoms in total. The molecule has 0 radical (unpaired) electrons. The Hall–Kier alpha value is -4.13. The molecular weight excluding hydrogens is 430 g/mol. The first kappa shape index (κ1) is 23.0. The lowest BCUT2D eigenvalue weighted by molar-refractivity contribution is -0.384. The second-order valence-corrected chi connectivity index (χ2v) is 7.90. The first-order valence-electron chi connectivity index (χ1n) is 11.2. The van der Waals surface area contributed by atoms with Crippen molar-refractivity contribution in [3.8, 4) is 45.4 Å². The van der Waals surface area contributed by atoms with Crippen LogP contribution < -0.4 is 9.47 Å². The van der Waals surface area contributed by atoms with Crippen LogP contribution in [0, 0.1) is 10.1 Å². The van der Waals surface area contributed by atoms with Crippen LogP contribution in [0.5, 0.6) is 11.5 Å². The van der Waals surface area contributed by atoms with Crippen LogP contribution in [-0.4, -0.2) is 28.7 Å². The fourth-order valence-electron chi connectivity index (χ4n) is 3.93. The molecule has 0 aliphatic carbocycles. The molecule has 3 aromatic carbocycles. The van der Waals surface area contributed by atoms with Crippen LogP contribution in [-0.2, 0) is 6.54 Å². The van der Waals surface area contributed by atoms with Crippen LogP contribution in [0.3, 0.4) is 0 Å². The number of nitro benzene ring substituents is 1. The van der Waals surface area contributed by atoms with Gasteiger partial charge in [0.25, 0.3) is 5.69 Å². The number of benzene rings is 3. The molecule has 1 aromatic heterocycles. The van der Waals surface area contributed by atoms with Crippen molar-refractivity contribution in [1.29, 1.82) is 0 Å². The number of non-ortho nitro benzene ring substituents is 1. The molecule has 4 aromatic rings. The Balaban J connectivity index is 1.94. The van der Waals surface area contributed by atoms with Gasteiger partial charge in [-0.25, -0.2) is 4.98 Å². The summed E-state index contributed by atoms with van der Waals surface area (Å²) < 4.78 is 12.9. The van der Waals surface area contributed by atoms with Gasteiger partial charge in [0, 0.05) is 35.4 Å². The van der Waals surface area contributed by atoms with Crippen molar-refractivity contribution < 1.29 is 14.4 Å². The van der Waals surface area contributed by atoms with Gasteiger partial charge in [-0.1, -0.05) is 13.3 Å². The summed E-state index contributed by atoms with van der Waals surface area (Å²) >= 11 is 0. The lowest BCUT2D eigenvalue weighted by atomic mass is 10.0. The molecule has 1 heterocycles. The first-order valence-corrected chi connectivity index (χ1v) is 11.2. The maximum absolute atomic E-state index is 11.2. The lowest BCUT2D eigenvalue weighted by Crippen LogP contribution is -2.03. The Morgan fingerprint density at radius 3 is 1.85 bits per heavy atom. The molecule has 0 spiro atoms. The largest absolute Gasteiger partial charge is 0.497 e. The van der Waals surface area contributed by atoms with Gasteiger partial charge in [0.2, 0.25) is 0 Å². The van der Waals surface area contributed by atoms with E-state index in [4.69, 9.17) is 14.5 Å². The fraction of sp³-hybridized carbons (Fsp3) is 0.222. The third-order valence-corrected chi connectivity index (χ3v) is 5.77. The van der Waals surface area contributed by atoms with E-state index in [0.29, 0.717) is 0 Å². The van der Waals surface area contributed by atoms with Gasteiger partial charge >= 0.3 is 0 Å². The molecule has 4 rings (SSSR count). The SMILES string of the molecule is CCCCn1c(-c2ccc([N+](=O)[O-])cc2)nc(-c2ccc(OC)cc2)c1-c1ccc(OC)cc1. The van der Waals surface area contributed by atoms with Crippen molar-refractivity contribution in [1.82, 2.24) is 9.55 Å². The molecule has 0 fully saturated rings. The number of hydrogen-bond acceptors (Lipinski definition) is 5. The van der Waals surface area contributed by atoms with Crippen molar-refractivity contribution in [2.75, 3.05) is 14.2 Å². The highest BCUT2D eigenvalue weighted by Gasteiger charge is 2.21. The molecule has 0 unspecified atom stereocenters. The molecule has 0 saturated heterocycles. The molecule has 7 heteroatoms. The lowest BCUT2D eigenvalue weighted by Gasteiger charge is -2.13. The van der Waals surface area contributed by atoms with Crippen LogP contribution in [0.4, 0.5) is 5.69 Å². The van der Waals surface area contributed by atoms with Crippen molar-refractivity contribution in [2.45, 2.75) is 26.3 Å². The quantitative estimate of drug-likeness (QED) is 0.209. The summed E-state index contributed by atoms with van der Waals surface area (Å²) in [4.78, 5) is 15.8. The molecule has 34 heavy (non-hydrogen) atoms. The number of aromatic nitrogens is 2. The summed E-state index contributed by atoms with van der Waals surface area (Å²) in [6, 6.07) is 22.4. The topological polar surface area (TPSA) is 79.4 Å². The number of unbranched alkanes of at least 4 members (excludes halogenated alkanes) is 1. The smallest absolute Gasteiger partial charge is 0.269 e. The average Bonchev–Trinajstić information content (AvgIpc) is 3.26. The van der Waals surface area contributed by atoms with Gasteiger partial charge in [-0.05, 0) is 67.1 Å². The summed E-state index contributed by atoms with van der Waals surface area (Å²) in [5.74, 6) is 2.33. The second-order valence-electron chi connectivity index (χ2n) is 7.90. The molecule has 0 amide bonds. The highest BCUT2D eigenvalue weighted by atomic mass is 16.6. The number of rotatable bonds is 9. The number of imidazole rings is 1. The third-order valence-electron chi connectivity index (χ3n) is 5.77. The van der Waals surface area contributed by atoms with E-state index in [9.17, 15) is 10.1 Å². The van der Waals surface area contributed by atoms with E-state index in [1.807, 2.05) is 48.5 Å². The number of methoxy groups -OCH3 is 2. The Labute approximate surface area is 198 Å². The number of nitro groups is 1. The van der Waals surface area contributed by atoms with E-state index in [2.05, 4.69) is 11.5 Å². The van der Waals surface area contributed by atoms with Gasteiger partial charge in [0.05, 0.1) is 30.5 Å². The maximum Gasteiger partial charge on any atom is 0.269 e. The molecular formula is C27H27N3O4. The Bertz CT molecular complexity index is 1260. The average molecular weight is 458 g/mol. The Kier molecular flexibility index (Phi) is 6.92. The van der Waals surface area contributed by atoms with E-state index >= 15 is 0 Å². The number of hydrogen-bond donors (Lipinski definition) is 0. The number of nitrogens with zero attached hydrogens (tertiary/aromatic N) is 3. The minimum absolute atomic E-state index is 0.0566. The summed E-state index contributed by atoms with van der Waals surface area (Å²) in [6.07, 6.45) is 2.00. The van der Waals surface area contributed by atoms with Crippen molar-refractivity contribution in [3.05, 3.63) is 82.9 Å². The Morgan fingerprint density at radius 2 is 1.35 bits per heavy atom. The minimum atomic E-state index is -0.390. The maximum atomic E-state index is 11.2. The highest BCUT2D eigenvalue weighted by Crippen LogP contribution is 2.38. The zero-order valence-electron chi connectivity index (χ0n) is 19.5. The van der Waals surface area contributed by atoms with E-state index < -0.39 is 0 Å². The van der Waals surface area contributed by atoms with Crippen molar-refractivity contribution in [3.63, 3.8) is 0 Å². The molecule has 0 saturated carbocycles. The highest BCUT2D eigenvalue weighted by molar-refractivity contribution is 5.82. The van der Waals surface area contributed by atoms with Crippen molar-refractivity contribution in [2.24, 2.45) is 0 Å². The van der Waals surface area contributed by atoms with E-state index in [1.165, 1.54) is 12.1 Å². The van der Waals surface area contributed by atoms with E-state index in [-0.39, 0.29) is 10.6 Å². The predicted molar refractivity (Wildman–Crippen MR) is 133 cm³/mol.